The highest BCUT2D eigenvalue weighted by Gasteiger charge is 2.17. The zero-order valence-corrected chi connectivity index (χ0v) is 14.5. The van der Waals surface area contributed by atoms with E-state index in [1.54, 1.807) is 18.7 Å². The van der Waals surface area contributed by atoms with Gasteiger partial charge in [0.25, 0.3) is 5.91 Å². The number of hydrogen-bond acceptors (Lipinski definition) is 3. The van der Waals surface area contributed by atoms with Gasteiger partial charge >= 0.3 is 0 Å². The molecule has 6 heteroatoms. The Morgan fingerprint density at radius 3 is 2.73 bits per heavy atom. The van der Waals surface area contributed by atoms with E-state index in [1.165, 1.54) is 18.2 Å². The summed E-state index contributed by atoms with van der Waals surface area (Å²) in [5.74, 6) is -0.217. The van der Waals surface area contributed by atoms with E-state index >= 15 is 0 Å². The number of anilines is 1. The molecule has 2 aromatic carbocycles. The molecule has 1 N–H and O–H groups in total. The maximum absolute atomic E-state index is 13.0. The third-order valence-corrected chi connectivity index (χ3v) is 4.35. The summed E-state index contributed by atoms with van der Waals surface area (Å²) in [4.78, 5) is 13.2. The van der Waals surface area contributed by atoms with Gasteiger partial charge in [-0.1, -0.05) is 12.1 Å². The van der Waals surface area contributed by atoms with Crippen LogP contribution < -0.4 is 10.1 Å². The Labute approximate surface area is 141 Å². The Morgan fingerprint density at radius 2 is 2.05 bits per heavy atom. The molecule has 0 bridgehead atoms. The second-order valence-corrected chi connectivity index (χ2v) is 6.23. The van der Waals surface area contributed by atoms with Crippen molar-refractivity contribution in [2.45, 2.75) is 17.9 Å². The predicted molar refractivity (Wildman–Crippen MR) is 91.0 cm³/mol. The minimum atomic E-state index is -0.711. The first kappa shape index (κ1) is 16.8. The minimum absolute atomic E-state index is 0.266. The first-order chi connectivity index (χ1) is 10.5. The average Bonchev–Trinajstić information content (AvgIpc) is 2.50. The largest absolute Gasteiger partial charge is 0.480 e. The molecule has 3 nitrogen and oxygen atoms in total. The third kappa shape index (κ3) is 4.24. The van der Waals surface area contributed by atoms with E-state index in [1.807, 2.05) is 30.5 Å². The molecule has 0 spiro atoms. The molecular formula is C16H15BrFNO2S. The number of rotatable bonds is 5. The van der Waals surface area contributed by atoms with Crippen molar-refractivity contribution in [1.29, 1.82) is 0 Å². The lowest BCUT2D eigenvalue weighted by Crippen LogP contribution is -2.30. The van der Waals surface area contributed by atoms with Crippen LogP contribution in [0.25, 0.3) is 0 Å². The van der Waals surface area contributed by atoms with Crippen molar-refractivity contribution in [3.63, 3.8) is 0 Å². The Bertz CT molecular complexity index is 681. The molecule has 2 rings (SSSR count). The van der Waals surface area contributed by atoms with Gasteiger partial charge in [0.15, 0.2) is 6.10 Å². The first-order valence-electron chi connectivity index (χ1n) is 6.57. The molecule has 0 aliphatic carbocycles. The summed E-state index contributed by atoms with van der Waals surface area (Å²) in [6.45, 7) is 1.65. The van der Waals surface area contributed by atoms with Gasteiger partial charge in [-0.2, -0.15) is 0 Å². The average molecular weight is 384 g/mol. The number of amides is 1. The summed E-state index contributed by atoms with van der Waals surface area (Å²) in [6, 6.07) is 11.6. The van der Waals surface area contributed by atoms with E-state index in [0.717, 1.165) is 10.6 Å². The topological polar surface area (TPSA) is 38.3 Å². The lowest BCUT2D eigenvalue weighted by Gasteiger charge is -2.16. The molecule has 116 valence electrons. The zero-order chi connectivity index (χ0) is 16.1. The maximum Gasteiger partial charge on any atom is 0.265 e. The van der Waals surface area contributed by atoms with Gasteiger partial charge in [0.2, 0.25) is 0 Å². The van der Waals surface area contributed by atoms with Crippen molar-refractivity contribution in [2.24, 2.45) is 0 Å². The second kappa shape index (κ2) is 7.65. The number of hydrogen-bond donors (Lipinski definition) is 1. The summed E-state index contributed by atoms with van der Waals surface area (Å²) in [5.41, 5.74) is 0.744. The van der Waals surface area contributed by atoms with Crippen LogP contribution in [0.3, 0.4) is 0 Å². The minimum Gasteiger partial charge on any atom is -0.480 e. The van der Waals surface area contributed by atoms with Crippen molar-refractivity contribution in [3.05, 3.63) is 52.8 Å². The van der Waals surface area contributed by atoms with Gasteiger partial charge in [0, 0.05) is 4.90 Å². The van der Waals surface area contributed by atoms with Crippen molar-refractivity contribution < 1.29 is 13.9 Å². The Hall–Kier alpha value is -1.53. The van der Waals surface area contributed by atoms with Crippen LogP contribution in [0.5, 0.6) is 5.75 Å². The molecule has 1 atom stereocenters. The molecule has 1 unspecified atom stereocenters. The highest BCUT2D eigenvalue weighted by atomic mass is 79.9. The molecule has 22 heavy (non-hydrogen) atoms. The van der Waals surface area contributed by atoms with E-state index in [-0.39, 0.29) is 11.7 Å². The summed E-state index contributed by atoms with van der Waals surface area (Å²) in [7, 11) is 0. The maximum atomic E-state index is 13.0. The van der Waals surface area contributed by atoms with Crippen LogP contribution in [0.15, 0.2) is 51.8 Å². The smallest absolute Gasteiger partial charge is 0.265 e. The zero-order valence-electron chi connectivity index (χ0n) is 12.1. The number of carbonyl (C=O) groups is 1. The predicted octanol–water partition coefficient (Wildman–Crippen LogP) is 4.72. The standard InChI is InChI=1S/C16H15BrFNO2S/c1-10(21-14-8-7-11(18)9-12(14)17)16(20)19-13-5-3-4-6-15(13)22-2/h3-10H,1-2H3,(H,19,20). The van der Waals surface area contributed by atoms with Crippen LogP contribution in [0.2, 0.25) is 0 Å². The molecular weight excluding hydrogens is 369 g/mol. The summed E-state index contributed by atoms with van der Waals surface area (Å²) in [6.07, 6.45) is 1.23. The van der Waals surface area contributed by atoms with Crippen LogP contribution in [-0.2, 0) is 4.79 Å². The van der Waals surface area contributed by atoms with Crippen molar-refractivity contribution in [2.75, 3.05) is 11.6 Å². The van der Waals surface area contributed by atoms with Gasteiger partial charge in [-0.3, -0.25) is 4.79 Å². The number of thioether (sulfide) groups is 1. The van der Waals surface area contributed by atoms with Crippen molar-refractivity contribution in [3.8, 4) is 5.75 Å². The number of para-hydroxylation sites is 1. The summed E-state index contributed by atoms with van der Waals surface area (Å²) < 4.78 is 19.1. The molecule has 0 fully saturated rings. The van der Waals surface area contributed by atoms with Gasteiger partial charge < -0.3 is 10.1 Å². The molecule has 0 aromatic heterocycles. The summed E-state index contributed by atoms with van der Waals surface area (Å²) in [5, 5.41) is 2.84. The van der Waals surface area contributed by atoms with Crippen molar-refractivity contribution >= 4 is 39.3 Å². The molecule has 0 saturated carbocycles. The molecule has 0 aliphatic rings. The van der Waals surface area contributed by atoms with Crippen LogP contribution in [0, 0.1) is 5.82 Å². The third-order valence-electron chi connectivity index (χ3n) is 2.93. The Morgan fingerprint density at radius 1 is 1.32 bits per heavy atom. The van der Waals surface area contributed by atoms with E-state index in [0.29, 0.717) is 10.2 Å². The fourth-order valence-electron chi connectivity index (χ4n) is 1.80. The molecule has 0 heterocycles. The fourth-order valence-corrected chi connectivity index (χ4v) is 2.79. The number of benzene rings is 2. The highest BCUT2D eigenvalue weighted by Crippen LogP contribution is 2.27. The molecule has 0 aliphatic heterocycles. The Balaban J connectivity index is 2.06. The number of carbonyl (C=O) groups excluding carboxylic acids is 1. The normalized spacial score (nSPS) is 11.8. The van der Waals surface area contributed by atoms with E-state index < -0.39 is 6.10 Å². The fraction of sp³-hybridized carbons (Fsp3) is 0.188. The second-order valence-electron chi connectivity index (χ2n) is 4.52. The number of nitrogens with one attached hydrogen (secondary N) is 1. The quantitative estimate of drug-likeness (QED) is 0.759. The van der Waals surface area contributed by atoms with E-state index in [4.69, 9.17) is 4.74 Å². The van der Waals surface area contributed by atoms with Gasteiger partial charge in [0.05, 0.1) is 10.2 Å². The molecule has 1 amide bonds. The molecule has 0 radical (unpaired) electrons. The van der Waals surface area contributed by atoms with Crippen molar-refractivity contribution in [1.82, 2.24) is 0 Å². The van der Waals surface area contributed by atoms with E-state index in [2.05, 4.69) is 21.2 Å². The van der Waals surface area contributed by atoms with Gasteiger partial charge in [0.1, 0.15) is 11.6 Å². The number of halogens is 2. The van der Waals surface area contributed by atoms with E-state index in [9.17, 15) is 9.18 Å². The lowest BCUT2D eigenvalue weighted by molar-refractivity contribution is -0.122. The SMILES string of the molecule is CSc1ccccc1NC(=O)C(C)Oc1ccc(F)cc1Br. The first-order valence-corrected chi connectivity index (χ1v) is 8.58. The lowest BCUT2D eigenvalue weighted by atomic mass is 10.3. The monoisotopic (exact) mass is 383 g/mol. The van der Waals surface area contributed by atoms with Gasteiger partial charge in [-0.25, -0.2) is 4.39 Å². The number of ether oxygens (including phenoxy) is 1. The van der Waals surface area contributed by atoms with Gasteiger partial charge in [-0.15, -0.1) is 11.8 Å². The van der Waals surface area contributed by atoms with Crippen LogP contribution in [-0.4, -0.2) is 18.3 Å². The van der Waals surface area contributed by atoms with Crippen LogP contribution >= 0.6 is 27.7 Å². The molecule has 2 aromatic rings. The van der Waals surface area contributed by atoms with Crippen LogP contribution in [0.1, 0.15) is 6.92 Å². The highest BCUT2D eigenvalue weighted by molar-refractivity contribution is 9.10. The molecule has 0 saturated heterocycles. The van der Waals surface area contributed by atoms with Crippen LogP contribution in [0.4, 0.5) is 10.1 Å². The summed E-state index contributed by atoms with van der Waals surface area (Å²) >= 11 is 4.77. The Kier molecular flexibility index (Phi) is 5.85. The van der Waals surface area contributed by atoms with Gasteiger partial charge in [-0.05, 0) is 59.4 Å².